The molecule has 0 saturated carbocycles. The van der Waals surface area contributed by atoms with Gasteiger partial charge in [0.15, 0.2) is 0 Å². The summed E-state index contributed by atoms with van der Waals surface area (Å²) in [5, 5.41) is 2.63. The first-order chi connectivity index (χ1) is 7.69. The van der Waals surface area contributed by atoms with E-state index >= 15 is 0 Å². The minimum Gasteiger partial charge on any atom is -0.341 e. The van der Waals surface area contributed by atoms with E-state index in [1.54, 1.807) is 18.3 Å². The standard InChI is InChI=1S/C12H15N2O2/c1-3-9(2)11(8-15)14-12(16)10-5-4-6-13-7-10/h4-7,9,11H,3H2,1-2H3,(H,14,16)/t9-,11+/m0/s1. The van der Waals surface area contributed by atoms with Gasteiger partial charge in [0, 0.05) is 12.4 Å². The van der Waals surface area contributed by atoms with Gasteiger partial charge < -0.3 is 5.32 Å². The van der Waals surface area contributed by atoms with Crippen molar-refractivity contribution in [2.75, 3.05) is 0 Å². The molecule has 0 aromatic carbocycles. The third-order valence-corrected chi connectivity index (χ3v) is 2.55. The second-order valence-electron chi connectivity index (χ2n) is 3.70. The Morgan fingerprint density at radius 3 is 2.88 bits per heavy atom. The molecule has 16 heavy (non-hydrogen) atoms. The van der Waals surface area contributed by atoms with Crippen LogP contribution >= 0.6 is 0 Å². The highest BCUT2D eigenvalue weighted by molar-refractivity contribution is 5.95. The minimum absolute atomic E-state index is 0.0816. The summed E-state index contributed by atoms with van der Waals surface area (Å²) in [6, 6.07) is 2.77. The highest BCUT2D eigenvalue weighted by Crippen LogP contribution is 2.06. The van der Waals surface area contributed by atoms with Gasteiger partial charge in [0.1, 0.15) is 0 Å². The van der Waals surface area contributed by atoms with E-state index in [0.29, 0.717) is 5.56 Å². The number of carbonyl (C=O) groups is 1. The van der Waals surface area contributed by atoms with Crippen molar-refractivity contribution in [1.82, 2.24) is 10.3 Å². The predicted octanol–water partition coefficient (Wildman–Crippen LogP) is 1.34. The van der Waals surface area contributed by atoms with Crippen molar-refractivity contribution >= 4 is 12.2 Å². The number of hydrogen-bond acceptors (Lipinski definition) is 3. The van der Waals surface area contributed by atoms with Crippen LogP contribution in [0, 0.1) is 5.92 Å². The monoisotopic (exact) mass is 219 g/mol. The number of rotatable bonds is 5. The Morgan fingerprint density at radius 2 is 2.38 bits per heavy atom. The average molecular weight is 219 g/mol. The Bertz CT molecular complexity index is 351. The molecule has 4 nitrogen and oxygen atoms in total. The summed E-state index contributed by atoms with van der Waals surface area (Å²) < 4.78 is 0. The van der Waals surface area contributed by atoms with E-state index in [4.69, 9.17) is 0 Å². The number of nitrogens with one attached hydrogen (secondary N) is 1. The normalized spacial score (nSPS) is 13.9. The highest BCUT2D eigenvalue weighted by atomic mass is 16.2. The molecule has 0 fully saturated rings. The first kappa shape index (κ1) is 12.4. The minimum atomic E-state index is -0.558. The van der Waals surface area contributed by atoms with Gasteiger partial charge in [-0.25, -0.2) is 0 Å². The summed E-state index contributed by atoms with van der Waals surface area (Å²) >= 11 is 0. The Balaban J connectivity index is 2.66. The zero-order valence-electron chi connectivity index (χ0n) is 9.43. The maximum Gasteiger partial charge on any atom is 0.253 e. The van der Waals surface area contributed by atoms with Crippen LogP contribution in [0.3, 0.4) is 0 Å². The van der Waals surface area contributed by atoms with Crippen LogP contribution < -0.4 is 5.32 Å². The third-order valence-electron chi connectivity index (χ3n) is 2.55. The molecule has 1 rings (SSSR count). The van der Waals surface area contributed by atoms with Crippen LogP contribution in [0.4, 0.5) is 0 Å². The predicted molar refractivity (Wildman–Crippen MR) is 60.6 cm³/mol. The van der Waals surface area contributed by atoms with Gasteiger partial charge in [-0.1, -0.05) is 20.3 Å². The fraction of sp³-hybridized carbons (Fsp3) is 0.417. The Kier molecular flexibility index (Phi) is 4.64. The number of carbonyl (C=O) groups excluding carboxylic acids is 2. The third kappa shape index (κ3) is 3.15. The molecular formula is C12H15N2O2. The van der Waals surface area contributed by atoms with Crippen molar-refractivity contribution in [3.05, 3.63) is 30.1 Å². The van der Waals surface area contributed by atoms with Crippen molar-refractivity contribution in [2.24, 2.45) is 5.92 Å². The van der Waals surface area contributed by atoms with E-state index < -0.39 is 6.04 Å². The Morgan fingerprint density at radius 1 is 1.62 bits per heavy atom. The van der Waals surface area contributed by atoms with E-state index in [9.17, 15) is 9.59 Å². The zero-order valence-corrected chi connectivity index (χ0v) is 9.43. The van der Waals surface area contributed by atoms with E-state index in [-0.39, 0.29) is 11.8 Å². The van der Waals surface area contributed by atoms with E-state index in [1.807, 2.05) is 20.1 Å². The van der Waals surface area contributed by atoms with Gasteiger partial charge in [-0.15, -0.1) is 0 Å². The highest BCUT2D eigenvalue weighted by Gasteiger charge is 2.18. The number of amides is 1. The van der Waals surface area contributed by atoms with Crippen LogP contribution in [0.1, 0.15) is 30.6 Å². The molecule has 0 aliphatic heterocycles. The van der Waals surface area contributed by atoms with Crippen LogP contribution in [0.15, 0.2) is 24.5 Å². The molecule has 1 amide bonds. The van der Waals surface area contributed by atoms with E-state index in [0.717, 1.165) is 6.42 Å². The molecule has 1 N–H and O–H groups in total. The van der Waals surface area contributed by atoms with Gasteiger partial charge in [0.2, 0.25) is 6.29 Å². The van der Waals surface area contributed by atoms with Crippen molar-refractivity contribution in [3.63, 3.8) is 0 Å². The van der Waals surface area contributed by atoms with Gasteiger partial charge in [-0.2, -0.15) is 0 Å². The molecule has 2 atom stereocenters. The Labute approximate surface area is 95.1 Å². The van der Waals surface area contributed by atoms with Crippen LogP contribution in [-0.4, -0.2) is 23.2 Å². The number of pyridine rings is 1. The quantitative estimate of drug-likeness (QED) is 0.812. The lowest BCUT2D eigenvalue weighted by molar-refractivity contribution is 0.0936. The molecule has 0 saturated heterocycles. The topological polar surface area (TPSA) is 59.1 Å². The SMILES string of the molecule is CC[C@H](C)[C@@H]([C]=O)NC(=O)c1cccnc1. The summed E-state index contributed by atoms with van der Waals surface area (Å²) in [5.41, 5.74) is 0.450. The average Bonchev–Trinajstić information content (AvgIpc) is 2.35. The molecular weight excluding hydrogens is 204 g/mol. The van der Waals surface area contributed by atoms with Crippen LogP contribution in [0.5, 0.6) is 0 Å². The van der Waals surface area contributed by atoms with Crippen LogP contribution in [0.25, 0.3) is 0 Å². The van der Waals surface area contributed by atoms with Gasteiger partial charge in [0.05, 0.1) is 11.6 Å². The Hall–Kier alpha value is -1.71. The van der Waals surface area contributed by atoms with E-state index in [1.165, 1.54) is 6.20 Å². The van der Waals surface area contributed by atoms with Crippen molar-refractivity contribution < 1.29 is 9.59 Å². The molecule has 1 radical (unpaired) electrons. The summed E-state index contributed by atoms with van der Waals surface area (Å²) in [6.07, 6.45) is 5.72. The van der Waals surface area contributed by atoms with Crippen molar-refractivity contribution in [2.45, 2.75) is 26.3 Å². The summed E-state index contributed by atoms with van der Waals surface area (Å²) in [7, 11) is 0. The van der Waals surface area contributed by atoms with Crippen LogP contribution in [0.2, 0.25) is 0 Å². The number of nitrogens with zero attached hydrogens (tertiary/aromatic N) is 1. The molecule has 0 aliphatic carbocycles. The second-order valence-corrected chi connectivity index (χ2v) is 3.70. The maximum atomic E-state index is 11.7. The van der Waals surface area contributed by atoms with E-state index in [2.05, 4.69) is 10.3 Å². The molecule has 85 valence electrons. The zero-order chi connectivity index (χ0) is 12.0. The number of hydrogen-bond donors (Lipinski definition) is 1. The first-order valence-electron chi connectivity index (χ1n) is 5.27. The fourth-order valence-electron chi connectivity index (χ4n) is 1.25. The lowest BCUT2D eigenvalue weighted by atomic mass is 10.0. The maximum absolute atomic E-state index is 11.7. The summed E-state index contributed by atoms with van der Waals surface area (Å²) in [5.74, 6) is -0.208. The summed E-state index contributed by atoms with van der Waals surface area (Å²) in [4.78, 5) is 26.3. The van der Waals surface area contributed by atoms with Gasteiger partial charge in [-0.05, 0) is 18.1 Å². The van der Waals surface area contributed by atoms with Gasteiger partial charge in [-0.3, -0.25) is 14.6 Å². The fourth-order valence-corrected chi connectivity index (χ4v) is 1.25. The molecule has 1 aromatic heterocycles. The molecule has 0 bridgehead atoms. The molecule has 0 aliphatic rings. The lowest BCUT2D eigenvalue weighted by Gasteiger charge is -2.17. The number of aromatic nitrogens is 1. The van der Waals surface area contributed by atoms with Crippen LogP contribution in [-0.2, 0) is 4.79 Å². The largest absolute Gasteiger partial charge is 0.341 e. The second kappa shape index (κ2) is 6.00. The first-order valence-corrected chi connectivity index (χ1v) is 5.27. The van der Waals surface area contributed by atoms with Crippen molar-refractivity contribution in [1.29, 1.82) is 0 Å². The molecule has 1 heterocycles. The van der Waals surface area contributed by atoms with Gasteiger partial charge >= 0.3 is 0 Å². The molecule has 0 unspecified atom stereocenters. The summed E-state index contributed by atoms with van der Waals surface area (Å²) in [6.45, 7) is 3.87. The van der Waals surface area contributed by atoms with Crippen molar-refractivity contribution in [3.8, 4) is 0 Å². The molecule has 0 spiro atoms. The lowest BCUT2D eigenvalue weighted by Crippen LogP contribution is -2.40. The smallest absolute Gasteiger partial charge is 0.253 e. The molecule has 1 aromatic rings. The molecule has 4 heteroatoms. The van der Waals surface area contributed by atoms with Gasteiger partial charge in [0.25, 0.3) is 5.91 Å².